The zero-order valence-electron chi connectivity index (χ0n) is 6.41. The summed E-state index contributed by atoms with van der Waals surface area (Å²) in [5.41, 5.74) is 0. The Balaban J connectivity index is -0.000000245. The molecule has 0 fully saturated rings. The lowest BCUT2D eigenvalue weighted by molar-refractivity contribution is 0.708. The minimum atomic E-state index is 0. The van der Waals surface area contributed by atoms with E-state index in [2.05, 4.69) is 0 Å². The Labute approximate surface area is 73.4 Å². The third-order valence-corrected chi connectivity index (χ3v) is 1.55. The van der Waals surface area contributed by atoms with Gasteiger partial charge in [0.1, 0.15) is 0 Å². The van der Waals surface area contributed by atoms with Crippen LogP contribution >= 0.6 is 23.2 Å². The van der Waals surface area contributed by atoms with Crippen molar-refractivity contribution >= 4 is 23.2 Å². The van der Waals surface area contributed by atoms with Crippen LogP contribution in [0.15, 0.2) is 0 Å². The maximum Gasteiger partial charge on any atom is 0.0223 e. The second-order valence-corrected chi connectivity index (χ2v) is 2.55. The molecule has 0 saturated carbocycles. The van der Waals surface area contributed by atoms with Gasteiger partial charge in [0.15, 0.2) is 0 Å². The summed E-state index contributed by atoms with van der Waals surface area (Å²) in [7, 11) is 0. The van der Waals surface area contributed by atoms with Crippen molar-refractivity contribution in [1.29, 1.82) is 0 Å². The van der Waals surface area contributed by atoms with Crippen LogP contribution in [0, 0.1) is 0 Å². The molecule has 0 heterocycles. The Morgan fingerprint density at radius 2 is 0.900 bits per heavy atom. The van der Waals surface area contributed by atoms with Crippen molar-refractivity contribution in [3.05, 3.63) is 0 Å². The number of hydrogen-bond acceptors (Lipinski definition) is 2. The molecule has 0 aromatic carbocycles. The summed E-state index contributed by atoms with van der Waals surface area (Å²) in [6.07, 6.45) is 4.74. The predicted octanol–water partition coefficient (Wildman–Crippen LogP) is 3.35. The molecule has 4 heteroatoms. The Kier molecular flexibility index (Phi) is 27.4. The lowest BCUT2D eigenvalue weighted by atomic mass is 10.2. The molecular formula is C6H18Cl2N2. The molecule has 0 rings (SSSR count). The van der Waals surface area contributed by atoms with Gasteiger partial charge in [0, 0.05) is 11.8 Å². The Hall–Kier alpha value is 0.500. The lowest BCUT2D eigenvalue weighted by Gasteiger charge is -1.92. The van der Waals surface area contributed by atoms with Gasteiger partial charge in [-0.05, 0) is 12.8 Å². The number of halogens is 2. The molecule has 0 unspecified atom stereocenters. The van der Waals surface area contributed by atoms with Gasteiger partial charge in [0.05, 0.1) is 0 Å². The average Bonchev–Trinajstić information content (AvgIpc) is 1.81. The molecule has 2 nitrogen and oxygen atoms in total. The summed E-state index contributed by atoms with van der Waals surface area (Å²) in [5, 5.41) is 0. The maximum atomic E-state index is 5.45. The third kappa shape index (κ3) is 15.8. The molecule has 0 aliphatic heterocycles. The summed E-state index contributed by atoms with van der Waals surface area (Å²) in [6.45, 7) is 0. The van der Waals surface area contributed by atoms with E-state index in [-0.39, 0.29) is 12.3 Å². The first-order chi connectivity index (χ1) is 3.91. The van der Waals surface area contributed by atoms with E-state index in [1.807, 2.05) is 0 Å². The van der Waals surface area contributed by atoms with Crippen LogP contribution in [0.5, 0.6) is 0 Å². The lowest BCUT2D eigenvalue weighted by Crippen LogP contribution is -1.78. The Morgan fingerprint density at radius 3 is 1.10 bits per heavy atom. The van der Waals surface area contributed by atoms with Crippen molar-refractivity contribution in [2.24, 2.45) is 0 Å². The standard InChI is InChI=1S/C6H12Cl2.2H3N/c7-5-3-1-2-4-6-8;;/h1-6H2;2*1H3. The molecule has 6 N–H and O–H groups in total. The van der Waals surface area contributed by atoms with Crippen LogP contribution in [-0.2, 0) is 0 Å². The monoisotopic (exact) mass is 188 g/mol. The SMILES string of the molecule is ClCCCCCCCl.N.N. The van der Waals surface area contributed by atoms with Crippen LogP contribution in [-0.4, -0.2) is 11.8 Å². The van der Waals surface area contributed by atoms with E-state index in [1.54, 1.807) is 0 Å². The van der Waals surface area contributed by atoms with Gasteiger partial charge in [-0.15, -0.1) is 23.2 Å². The second-order valence-electron chi connectivity index (χ2n) is 1.79. The quantitative estimate of drug-likeness (QED) is 0.514. The summed E-state index contributed by atoms with van der Waals surface area (Å²) in [4.78, 5) is 0. The zero-order chi connectivity index (χ0) is 6.24. The molecular weight excluding hydrogens is 171 g/mol. The number of unbranched alkanes of at least 4 members (excludes halogenated alkanes) is 3. The molecule has 0 aromatic rings. The van der Waals surface area contributed by atoms with Gasteiger partial charge in [0.25, 0.3) is 0 Å². The van der Waals surface area contributed by atoms with Gasteiger partial charge in [-0.3, -0.25) is 0 Å². The molecule has 0 amide bonds. The van der Waals surface area contributed by atoms with Gasteiger partial charge in [0.2, 0.25) is 0 Å². The molecule has 0 atom stereocenters. The van der Waals surface area contributed by atoms with Gasteiger partial charge < -0.3 is 12.3 Å². The van der Waals surface area contributed by atoms with E-state index in [1.165, 1.54) is 12.8 Å². The highest BCUT2D eigenvalue weighted by Crippen LogP contribution is 2.01. The first-order valence-electron chi connectivity index (χ1n) is 3.03. The topological polar surface area (TPSA) is 70.0 Å². The molecule has 0 aliphatic rings. The highest BCUT2D eigenvalue weighted by atomic mass is 35.5. The van der Waals surface area contributed by atoms with Gasteiger partial charge in [-0.1, -0.05) is 12.8 Å². The first kappa shape index (κ1) is 16.8. The summed E-state index contributed by atoms with van der Waals surface area (Å²) in [6, 6.07) is 0. The van der Waals surface area contributed by atoms with Crippen molar-refractivity contribution in [3.63, 3.8) is 0 Å². The van der Waals surface area contributed by atoms with Crippen molar-refractivity contribution in [2.45, 2.75) is 25.7 Å². The molecule has 0 bridgehead atoms. The van der Waals surface area contributed by atoms with Crippen molar-refractivity contribution in [2.75, 3.05) is 11.8 Å². The molecule has 10 heavy (non-hydrogen) atoms. The fraction of sp³-hybridized carbons (Fsp3) is 1.00. The molecule has 0 saturated heterocycles. The molecule has 66 valence electrons. The first-order valence-corrected chi connectivity index (χ1v) is 4.10. The summed E-state index contributed by atoms with van der Waals surface area (Å²) < 4.78 is 0. The fourth-order valence-corrected chi connectivity index (χ4v) is 0.921. The van der Waals surface area contributed by atoms with Crippen LogP contribution in [0.1, 0.15) is 25.7 Å². The highest BCUT2D eigenvalue weighted by Gasteiger charge is 1.85. The van der Waals surface area contributed by atoms with Crippen LogP contribution in [0.4, 0.5) is 0 Å². The molecule has 0 aromatic heterocycles. The van der Waals surface area contributed by atoms with E-state index >= 15 is 0 Å². The van der Waals surface area contributed by atoms with Crippen LogP contribution in [0.25, 0.3) is 0 Å². The third-order valence-electron chi connectivity index (χ3n) is 1.02. The minimum absolute atomic E-state index is 0. The molecule has 0 radical (unpaired) electrons. The van der Waals surface area contributed by atoms with E-state index in [0.29, 0.717) is 0 Å². The van der Waals surface area contributed by atoms with Crippen molar-refractivity contribution in [1.82, 2.24) is 12.3 Å². The molecule has 0 spiro atoms. The second kappa shape index (κ2) is 16.2. The van der Waals surface area contributed by atoms with Gasteiger partial charge in [-0.25, -0.2) is 0 Å². The largest absolute Gasteiger partial charge is 0.344 e. The van der Waals surface area contributed by atoms with Crippen LogP contribution in [0.3, 0.4) is 0 Å². The van der Waals surface area contributed by atoms with Crippen molar-refractivity contribution in [3.8, 4) is 0 Å². The fourth-order valence-electron chi connectivity index (χ4n) is 0.543. The zero-order valence-corrected chi connectivity index (χ0v) is 7.92. The average molecular weight is 189 g/mol. The molecule has 0 aliphatic carbocycles. The van der Waals surface area contributed by atoms with Crippen molar-refractivity contribution < 1.29 is 0 Å². The van der Waals surface area contributed by atoms with E-state index in [9.17, 15) is 0 Å². The maximum absolute atomic E-state index is 5.45. The predicted molar refractivity (Wildman–Crippen MR) is 50.0 cm³/mol. The normalized spacial score (nSPS) is 7.80. The van der Waals surface area contributed by atoms with E-state index in [4.69, 9.17) is 23.2 Å². The van der Waals surface area contributed by atoms with E-state index in [0.717, 1.165) is 24.6 Å². The minimum Gasteiger partial charge on any atom is -0.344 e. The number of rotatable bonds is 5. The smallest absolute Gasteiger partial charge is 0.0223 e. The van der Waals surface area contributed by atoms with Crippen LogP contribution < -0.4 is 12.3 Å². The Bertz CT molecular complexity index is 38.7. The Morgan fingerprint density at radius 1 is 0.600 bits per heavy atom. The highest BCUT2D eigenvalue weighted by molar-refractivity contribution is 6.18. The van der Waals surface area contributed by atoms with E-state index < -0.39 is 0 Å². The number of hydrogen-bond donors (Lipinski definition) is 2. The van der Waals surface area contributed by atoms with Gasteiger partial charge >= 0.3 is 0 Å². The van der Waals surface area contributed by atoms with Crippen LogP contribution in [0.2, 0.25) is 0 Å². The van der Waals surface area contributed by atoms with Gasteiger partial charge in [-0.2, -0.15) is 0 Å². The number of alkyl halides is 2. The summed E-state index contributed by atoms with van der Waals surface area (Å²) in [5.74, 6) is 1.59. The summed E-state index contributed by atoms with van der Waals surface area (Å²) >= 11 is 10.9.